The Bertz CT molecular complexity index is 1350. The number of imidazole rings is 1. The third-order valence-electron chi connectivity index (χ3n) is 5.04. The highest BCUT2D eigenvalue weighted by Gasteiger charge is 2.37. The molecular formula is C22H23F3N8O3. The smallest absolute Gasteiger partial charge is 0.435 e. The molecule has 0 spiro atoms. The van der Waals surface area contributed by atoms with Gasteiger partial charge in [0, 0.05) is 42.9 Å². The molecule has 6 N–H and O–H groups in total. The minimum absolute atomic E-state index is 0.117. The number of nitrogens with two attached hydrogens (primary N) is 1. The number of halogens is 3. The fraction of sp³-hybridized carbons (Fsp3) is 0.227. The van der Waals surface area contributed by atoms with Crippen molar-refractivity contribution in [2.45, 2.75) is 19.5 Å². The fourth-order valence-corrected chi connectivity index (χ4v) is 3.51. The molecule has 0 saturated carbocycles. The predicted octanol–water partition coefficient (Wildman–Crippen LogP) is 2.83. The summed E-state index contributed by atoms with van der Waals surface area (Å²) in [7, 11) is 0. The molecule has 0 atom stereocenters. The second-order valence-corrected chi connectivity index (χ2v) is 7.26. The molecule has 14 heteroatoms. The molecule has 0 aliphatic heterocycles. The Labute approximate surface area is 202 Å². The Morgan fingerprint density at radius 3 is 2.72 bits per heavy atom. The summed E-state index contributed by atoms with van der Waals surface area (Å²) in [6.45, 7) is 2.41. The molecule has 0 aliphatic rings. The summed E-state index contributed by atoms with van der Waals surface area (Å²) in [6, 6.07) is 5.25. The van der Waals surface area contributed by atoms with Gasteiger partial charge in [0.15, 0.2) is 17.2 Å². The zero-order valence-electron chi connectivity index (χ0n) is 19.0. The van der Waals surface area contributed by atoms with Crippen LogP contribution in [0.3, 0.4) is 0 Å². The molecule has 3 aromatic heterocycles. The van der Waals surface area contributed by atoms with Crippen LogP contribution in [-0.4, -0.2) is 55.1 Å². The maximum atomic E-state index is 13.3. The largest absolute Gasteiger partial charge is 0.483 e. The van der Waals surface area contributed by atoms with Gasteiger partial charge in [-0.2, -0.15) is 18.3 Å². The van der Waals surface area contributed by atoms with Crippen LogP contribution in [0.1, 0.15) is 28.5 Å². The van der Waals surface area contributed by atoms with Crippen molar-refractivity contribution in [1.82, 2.24) is 29.9 Å². The number of benzene rings is 1. The third-order valence-corrected chi connectivity index (χ3v) is 5.04. The van der Waals surface area contributed by atoms with Gasteiger partial charge in [0.25, 0.3) is 12.4 Å². The van der Waals surface area contributed by atoms with Gasteiger partial charge in [0.2, 0.25) is 0 Å². The van der Waals surface area contributed by atoms with Gasteiger partial charge in [-0.15, -0.1) is 0 Å². The Morgan fingerprint density at radius 2 is 2.06 bits per heavy atom. The normalized spacial score (nSPS) is 11.0. The van der Waals surface area contributed by atoms with Gasteiger partial charge < -0.3 is 21.5 Å². The van der Waals surface area contributed by atoms with E-state index in [4.69, 9.17) is 15.6 Å². The standard InChI is InChI=1S/C21H21F3N8O.CH2O2/c1-2-12-9-13(3-4-14(12)20(33)27-6-5-25)30-18-19-28-11-16(32(19)8-7-26-18)15-10-29-31-17(15)21(22,23)24;2-1-3/h3-4,7-11H,2,5-6,25H2,1H3,(H,26,30)(H,27,33)(H,29,31);1H,(H,2,3). The molecule has 4 rings (SSSR count). The molecule has 0 radical (unpaired) electrons. The molecule has 0 aliphatic carbocycles. The Morgan fingerprint density at radius 1 is 1.31 bits per heavy atom. The van der Waals surface area contributed by atoms with Crippen molar-refractivity contribution in [3.63, 3.8) is 0 Å². The minimum atomic E-state index is -4.61. The zero-order valence-corrected chi connectivity index (χ0v) is 19.0. The van der Waals surface area contributed by atoms with Crippen LogP contribution in [0.25, 0.3) is 16.9 Å². The van der Waals surface area contributed by atoms with Crippen LogP contribution in [0, 0.1) is 0 Å². The van der Waals surface area contributed by atoms with E-state index in [1.54, 1.807) is 12.1 Å². The number of alkyl halides is 3. The third kappa shape index (κ3) is 5.60. The summed E-state index contributed by atoms with van der Waals surface area (Å²) in [5.74, 6) is 0.144. The van der Waals surface area contributed by atoms with Crippen LogP contribution in [0.2, 0.25) is 0 Å². The fourth-order valence-electron chi connectivity index (χ4n) is 3.51. The number of aromatic nitrogens is 5. The summed E-state index contributed by atoms with van der Waals surface area (Å²) in [5.41, 5.74) is 6.89. The van der Waals surface area contributed by atoms with E-state index in [9.17, 15) is 18.0 Å². The number of rotatable bonds is 7. The Kier molecular flexibility index (Phi) is 8.22. The lowest BCUT2D eigenvalue weighted by molar-refractivity contribution is -0.140. The molecule has 1 amide bonds. The number of carbonyl (C=O) groups excluding carboxylic acids is 1. The van der Waals surface area contributed by atoms with Gasteiger partial charge in [-0.1, -0.05) is 6.92 Å². The molecule has 0 bridgehead atoms. The van der Waals surface area contributed by atoms with E-state index >= 15 is 0 Å². The van der Waals surface area contributed by atoms with Crippen molar-refractivity contribution < 1.29 is 27.9 Å². The van der Waals surface area contributed by atoms with Crippen molar-refractivity contribution >= 4 is 29.5 Å². The average Bonchev–Trinajstić information content (AvgIpc) is 3.50. The monoisotopic (exact) mass is 504 g/mol. The van der Waals surface area contributed by atoms with Gasteiger partial charge in [-0.25, -0.2) is 9.97 Å². The number of hydrogen-bond acceptors (Lipinski definition) is 7. The molecule has 0 saturated heterocycles. The summed E-state index contributed by atoms with van der Waals surface area (Å²) in [5, 5.41) is 18.4. The zero-order chi connectivity index (χ0) is 26.3. The van der Waals surface area contributed by atoms with Crippen LogP contribution in [0.15, 0.2) is 43.0 Å². The number of aryl methyl sites for hydroxylation is 1. The maximum absolute atomic E-state index is 13.3. The number of carbonyl (C=O) groups is 2. The van der Waals surface area contributed by atoms with Crippen molar-refractivity contribution in [2.75, 3.05) is 18.4 Å². The van der Waals surface area contributed by atoms with Crippen LogP contribution < -0.4 is 16.4 Å². The van der Waals surface area contributed by atoms with E-state index in [2.05, 4.69) is 30.8 Å². The highest BCUT2D eigenvalue weighted by Crippen LogP contribution is 2.36. The van der Waals surface area contributed by atoms with Crippen LogP contribution >= 0.6 is 0 Å². The van der Waals surface area contributed by atoms with Gasteiger partial charge in [0.05, 0.1) is 17.5 Å². The summed E-state index contributed by atoms with van der Waals surface area (Å²) >= 11 is 0. The first kappa shape index (κ1) is 26.2. The quantitative estimate of drug-likeness (QED) is 0.240. The van der Waals surface area contributed by atoms with Gasteiger partial charge in [-0.05, 0) is 30.2 Å². The van der Waals surface area contributed by atoms with Crippen LogP contribution in [0.5, 0.6) is 0 Å². The molecule has 1 aromatic carbocycles. The molecule has 3 heterocycles. The number of fused-ring (bicyclic) bond motifs is 1. The molecule has 11 nitrogen and oxygen atoms in total. The van der Waals surface area contributed by atoms with Crippen LogP contribution in [-0.2, 0) is 17.4 Å². The van der Waals surface area contributed by atoms with Crippen LogP contribution in [0.4, 0.5) is 24.7 Å². The number of hydrogen-bond donors (Lipinski definition) is 5. The van der Waals surface area contributed by atoms with Crippen molar-refractivity contribution in [2.24, 2.45) is 5.73 Å². The number of nitrogens with one attached hydrogen (secondary N) is 3. The summed E-state index contributed by atoms with van der Waals surface area (Å²) in [4.78, 5) is 29.3. The van der Waals surface area contributed by atoms with Gasteiger partial charge in [-0.3, -0.25) is 19.1 Å². The number of carboxylic acid groups (broad SMARTS) is 1. The van der Waals surface area contributed by atoms with E-state index in [-0.39, 0.29) is 23.6 Å². The summed E-state index contributed by atoms with van der Waals surface area (Å²) in [6.07, 6.45) is 1.52. The molecule has 0 fully saturated rings. The molecule has 4 aromatic rings. The SMILES string of the molecule is CCc1cc(Nc2nccn3c(-c4c[nH]nc4C(F)(F)F)cnc23)ccc1C(=O)NCCN.O=CO. The first-order valence-electron chi connectivity index (χ1n) is 10.6. The number of anilines is 2. The highest BCUT2D eigenvalue weighted by molar-refractivity contribution is 5.96. The molecule has 36 heavy (non-hydrogen) atoms. The average molecular weight is 504 g/mol. The maximum Gasteiger partial charge on any atom is 0.435 e. The Hall–Kier alpha value is -4.46. The molecular weight excluding hydrogens is 481 g/mol. The second kappa shape index (κ2) is 11.3. The number of nitrogens with zero attached hydrogens (tertiary/aromatic N) is 4. The lowest BCUT2D eigenvalue weighted by Crippen LogP contribution is -2.29. The van der Waals surface area contributed by atoms with E-state index in [0.717, 1.165) is 5.56 Å². The van der Waals surface area contributed by atoms with E-state index in [0.29, 0.717) is 42.2 Å². The van der Waals surface area contributed by atoms with Gasteiger partial charge >= 0.3 is 6.18 Å². The highest BCUT2D eigenvalue weighted by atomic mass is 19.4. The molecule has 190 valence electrons. The van der Waals surface area contributed by atoms with Crippen molar-refractivity contribution in [3.8, 4) is 11.3 Å². The predicted molar refractivity (Wildman–Crippen MR) is 125 cm³/mol. The van der Waals surface area contributed by atoms with E-state index < -0.39 is 11.9 Å². The van der Waals surface area contributed by atoms with Crippen molar-refractivity contribution in [3.05, 3.63) is 59.8 Å². The minimum Gasteiger partial charge on any atom is -0.483 e. The second-order valence-electron chi connectivity index (χ2n) is 7.26. The molecule has 0 unspecified atom stereocenters. The van der Waals surface area contributed by atoms with Gasteiger partial charge in [0.1, 0.15) is 0 Å². The number of H-pyrrole nitrogens is 1. The topological polar surface area (TPSA) is 163 Å². The first-order chi connectivity index (χ1) is 17.2. The van der Waals surface area contributed by atoms with E-state index in [1.807, 2.05) is 13.0 Å². The lowest BCUT2D eigenvalue weighted by atomic mass is 10.0. The number of aromatic amines is 1. The lowest BCUT2D eigenvalue weighted by Gasteiger charge is -2.12. The van der Waals surface area contributed by atoms with E-state index in [1.165, 1.54) is 29.2 Å². The number of amides is 1. The summed E-state index contributed by atoms with van der Waals surface area (Å²) < 4.78 is 41.4. The van der Waals surface area contributed by atoms with Crippen molar-refractivity contribution in [1.29, 1.82) is 0 Å². The first-order valence-corrected chi connectivity index (χ1v) is 10.6. The Balaban J connectivity index is 0.00000115.